The molecule has 0 saturated heterocycles. The van der Waals surface area contributed by atoms with E-state index in [-0.39, 0.29) is 11.7 Å². The molecule has 238 valence electrons. The van der Waals surface area contributed by atoms with E-state index in [0.29, 0.717) is 77.4 Å². The van der Waals surface area contributed by atoms with E-state index < -0.39 is 0 Å². The van der Waals surface area contributed by atoms with E-state index >= 15 is 4.39 Å². The fraction of sp³-hybridized carbons (Fsp3) is 0.471. The molecule has 2 aliphatic rings. The van der Waals surface area contributed by atoms with Crippen molar-refractivity contribution >= 4 is 17.1 Å². The summed E-state index contributed by atoms with van der Waals surface area (Å²) >= 11 is 0. The zero-order valence-electron chi connectivity index (χ0n) is 26.4. The molecule has 1 unspecified atom stereocenters. The second-order valence-corrected chi connectivity index (χ2v) is 11.3. The van der Waals surface area contributed by atoms with Gasteiger partial charge in [-0.1, -0.05) is 12.1 Å². The monoisotopic (exact) mass is 609 g/mol. The molecule has 0 radical (unpaired) electrons. The lowest BCUT2D eigenvalue weighted by molar-refractivity contribution is 0.0110. The highest BCUT2D eigenvalue weighted by Crippen LogP contribution is 2.50. The standard InChI is InChI=1S/C34H44FN3O6/c1-36(2)25-7-8-26-31(21-25)44-32-23-30(37(3)4)28(35)22-27(32)34(26)24-6-9-29-33(20-24)43-19-18-42-17-16-41-15-14-40-13-11-38(29)10-12-39-5/h6-9,20-23,34H,10-19H2,1-5H3. The fourth-order valence-corrected chi connectivity index (χ4v) is 5.56. The molecular formula is C34H44FN3O6. The Morgan fingerprint density at radius 3 is 2.18 bits per heavy atom. The number of rotatable bonds is 6. The number of anilines is 3. The Kier molecular flexibility index (Phi) is 10.8. The molecule has 0 bridgehead atoms. The van der Waals surface area contributed by atoms with Crippen LogP contribution in [0.25, 0.3) is 0 Å². The molecule has 10 heteroatoms. The predicted molar refractivity (Wildman–Crippen MR) is 171 cm³/mol. The first kappa shape index (κ1) is 31.8. The van der Waals surface area contributed by atoms with Crippen LogP contribution in [0.15, 0.2) is 48.5 Å². The minimum Gasteiger partial charge on any atom is -0.489 e. The van der Waals surface area contributed by atoms with Crippen LogP contribution in [0.3, 0.4) is 0 Å². The zero-order valence-corrected chi connectivity index (χ0v) is 26.4. The number of nitrogens with zero attached hydrogens (tertiary/aromatic N) is 3. The number of hydrogen-bond acceptors (Lipinski definition) is 9. The van der Waals surface area contributed by atoms with Gasteiger partial charge in [-0.2, -0.15) is 0 Å². The lowest BCUT2D eigenvalue weighted by Crippen LogP contribution is -2.31. The molecule has 0 aromatic heterocycles. The zero-order chi connectivity index (χ0) is 31.1. The van der Waals surface area contributed by atoms with Crippen LogP contribution in [-0.4, -0.2) is 101 Å². The highest BCUT2D eigenvalue weighted by Gasteiger charge is 2.32. The minimum atomic E-state index is -0.298. The van der Waals surface area contributed by atoms with Gasteiger partial charge in [0.15, 0.2) is 0 Å². The average Bonchev–Trinajstić information content (AvgIpc) is 3.01. The first-order valence-electron chi connectivity index (χ1n) is 15.1. The molecule has 2 heterocycles. The summed E-state index contributed by atoms with van der Waals surface area (Å²) < 4.78 is 50.9. The highest BCUT2D eigenvalue weighted by molar-refractivity contribution is 5.68. The van der Waals surface area contributed by atoms with Crippen molar-refractivity contribution in [3.63, 3.8) is 0 Å². The van der Waals surface area contributed by atoms with E-state index in [1.54, 1.807) is 24.1 Å². The summed E-state index contributed by atoms with van der Waals surface area (Å²) in [5.41, 5.74) is 5.13. The normalized spacial score (nSPS) is 17.6. The Balaban J connectivity index is 1.59. The van der Waals surface area contributed by atoms with Crippen molar-refractivity contribution in [2.24, 2.45) is 0 Å². The van der Waals surface area contributed by atoms with Gasteiger partial charge in [0.05, 0.1) is 57.6 Å². The topological polar surface area (TPSA) is 65.1 Å². The number of methoxy groups -OCH3 is 1. The smallest absolute Gasteiger partial charge is 0.147 e. The largest absolute Gasteiger partial charge is 0.489 e. The number of ether oxygens (including phenoxy) is 6. The van der Waals surface area contributed by atoms with Gasteiger partial charge in [-0.05, 0) is 29.8 Å². The van der Waals surface area contributed by atoms with Crippen LogP contribution in [0.1, 0.15) is 22.6 Å². The molecule has 0 saturated carbocycles. The fourth-order valence-electron chi connectivity index (χ4n) is 5.56. The van der Waals surface area contributed by atoms with Gasteiger partial charge >= 0.3 is 0 Å². The summed E-state index contributed by atoms with van der Waals surface area (Å²) in [6.45, 7) is 5.25. The van der Waals surface area contributed by atoms with E-state index in [9.17, 15) is 0 Å². The van der Waals surface area contributed by atoms with Crippen LogP contribution in [0.2, 0.25) is 0 Å². The summed E-state index contributed by atoms with van der Waals surface area (Å²) in [6.07, 6.45) is 0. The lowest BCUT2D eigenvalue weighted by atomic mass is 9.82. The third kappa shape index (κ3) is 7.38. The van der Waals surface area contributed by atoms with Gasteiger partial charge in [0, 0.05) is 83.3 Å². The summed E-state index contributed by atoms with van der Waals surface area (Å²) in [5, 5.41) is 0. The number of benzene rings is 3. The first-order chi connectivity index (χ1) is 21.4. The van der Waals surface area contributed by atoms with Gasteiger partial charge < -0.3 is 43.1 Å². The van der Waals surface area contributed by atoms with Gasteiger partial charge in [0.25, 0.3) is 0 Å². The average molecular weight is 610 g/mol. The Morgan fingerprint density at radius 2 is 1.48 bits per heavy atom. The third-order valence-corrected chi connectivity index (χ3v) is 7.87. The molecule has 0 aliphatic carbocycles. The molecule has 0 spiro atoms. The molecule has 3 aromatic carbocycles. The third-order valence-electron chi connectivity index (χ3n) is 7.87. The Morgan fingerprint density at radius 1 is 0.773 bits per heavy atom. The van der Waals surface area contributed by atoms with Crippen LogP contribution in [0.5, 0.6) is 17.2 Å². The molecular weight excluding hydrogens is 565 g/mol. The number of halogens is 1. The summed E-state index contributed by atoms with van der Waals surface area (Å²) in [7, 11) is 9.35. The van der Waals surface area contributed by atoms with Crippen molar-refractivity contribution in [2.75, 3.05) is 116 Å². The van der Waals surface area contributed by atoms with Gasteiger partial charge in [-0.3, -0.25) is 0 Å². The van der Waals surface area contributed by atoms with Gasteiger partial charge in [0.2, 0.25) is 0 Å². The number of fused-ring (bicyclic) bond motifs is 3. The van der Waals surface area contributed by atoms with E-state index in [2.05, 4.69) is 35.2 Å². The van der Waals surface area contributed by atoms with Crippen molar-refractivity contribution < 1.29 is 32.8 Å². The number of hydrogen-bond donors (Lipinski definition) is 0. The van der Waals surface area contributed by atoms with Crippen molar-refractivity contribution in [3.8, 4) is 17.2 Å². The van der Waals surface area contributed by atoms with E-state index in [1.165, 1.54) is 0 Å². The van der Waals surface area contributed by atoms with Gasteiger partial charge in [0.1, 0.15) is 29.7 Å². The molecule has 5 rings (SSSR count). The van der Waals surface area contributed by atoms with Crippen molar-refractivity contribution in [3.05, 3.63) is 71.0 Å². The summed E-state index contributed by atoms with van der Waals surface area (Å²) in [4.78, 5) is 6.01. The van der Waals surface area contributed by atoms with Crippen LogP contribution >= 0.6 is 0 Å². The van der Waals surface area contributed by atoms with Gasteiger partial charge in [-0.15, -0.1) is 0 Å². The van der Waals surface area contributed by atoms with E-state index in [4.69, 9.17) is 28.4 Å². The minimum absolute atomic E-state index is 0.273. The molecule has 2 aliphatic heterocycles. The van der Waals surface area contributed by atoms with E-state index in [0.717, 1.165) is 39.6 Å². The molecule has 0 N–H and O–H groups in total. The second kappa shape index (κ2) is 14.9. The molecule has 3 aromatic rings. The maximum absolute atomic E-state index is 15.5. The lowest BCUT2D eigenvalue weighted by Gasteiger charge is -2.32. The van der Waals surface area contributed by atoms with Crippen molar-refractivity contribution in [2.45, 2.75) is 5.92 Å². The maximum atomic E-state index is 15.5. The van der Waals surface area contributed by atoms with Crippen LogP contribution in [-0.2, 0) is 18.9 Å². The summed E-state index contributed by atoms with van der Waals surface area (Å²) in [6, 6.07) is 15.8. The molecule has 44 heavy (non-hydrogen) atoms. The molecule has 0 amide bonds. The van der Waals surface area contributed by atoms with Crippen LogP contribution < -0.4 is 24.2 Å². The highest BCUT2D eigenvalue weighted by atomic mass is 19.1. The SMILES string of the molecule is COCCN1CCOCCOCCOCCOc2cc(C3c4ccc(N(C)C)cc4Oc4cc(N(C)C)c(F)cc43)ccc21. The predicted octanol–water partition coefficient (Wildman–Crippen LogP) is 5.14. The van der Waals surface area contributed by atoms with Crippen LogP contribution in [0.4, 0.5) is 21.5 Å². The quantitative estimate of drug-likeness (QED) is 0.296. The van der Waals surface area contributed by atoms with Gasteiger partial charge in [-0.25, -0.2) is 4.39 Å². The molecule has 9 nitrogen and oxygen atoms in total. The van der Waals surface area contributed by atoms with Crippen molar-refractivity contribution in [1.29, 1.82) is 0 Å². The Labute approximate surface area is 259 Å². The molecule has 0 fully saturated rings. The molecule has 1 atom stereocenters. The van der Waals surface area contributed by atoms with Crippen LogP contribution in [0, 0.1) is 5.82 Å². The first-order valence-corrected chi connectivity index (χ1v) is 15.1. The van der Waals surface area contributed by atoms with Crippen molar-refractivity contribution in [1.82, 2.24) is 0 Å². The van der Waals surface area contributed by atoms with E-state index in [1.807, 2.05) is 39.2 Å². The Hall–Kier alpha value is -3.57. The Bertz CT molecular complexity index is 1400. The second-order valence-electron chi connectivity index (χ2n) is 11.3. The summed E-state index contributed by atoms with van der Waals surface area (Å²) in [5.74, 6) is 1.53. The maximum Gasteiger partial charge on any atom is 0.147 e.